The van der Waals surface area contributed by atoms with E-state index in [1.165, 1.54) is 39.9 Å². The highest BCUT2D eigenvalue weighted by atomic mass is 35.5. The molecule has 0 atom stereocenters. The normalized spacial score (nSPS) is 12.0. The van der Waals surface area contributed by atoms with Crippen LogP contribution in [0.3, 0.4) is 0 Å². The lowest BCUT2D eigenvalue weighted by atomic mass is 10.2. The van der Waals surface area contributed by atoms with E-state index in [4.69, 9.17) is 16.3 Å². The average molecular weight is 558 g/mol. The smallest absolute Gasteiger partial charge is 0.326 e. The summed E-state index contributed by atoms with van der Waals surface area (Å²) in [7, 11) is -3.83. The van der Waals surface area contributed by atoms with Crippen molar-refractivity contribution < 1.29 is 22.7 Å². The molecule has 192 valence electrons. The largest absolute Gasteiger partial charge is 0.465 e. The van der Waals surface area contributed by atoms with E-state index in [-0.39, 0.29) is 35.0 Å². The Morgan fingerprint density at radius 2 is 1.70 bits per heavy atom. The molecule has 8 nitrogen and oxygen atoms in total. The highest BCUT2D eigenvalue weighted by Gasteiger charge is 2.24. The quantitative estimate of drug-likeness (QED) is 0.288. The van der Waals surface area contributed by atoms with Crippen molar-refractivity contribution >= 4 is 60.7 Å². The Bertz CT molecular complexity index is 1610. The van der Waals surface area contributed by atoms with Crippen molar-refractivity contribution in [2.75, 3.05) is 17.5 Å². The summed E-state index contributed by atoms with van der Waals surface area (Å²) in [6, 6.07) is 19.7. The fourth-order valence-electron chi connectivity index (χ4n) is 3.79. The van der Waals surface area contributed by atoms with Gasteiger partial charge in [-0.15, -0.1) is 0 Å². The van der Waals surface area contributed by atoms with Gasteiger partial charge in [-0.2, -0.15) is 4.99 Å². The number of anilines is 1. The van der Waals surface area contributed by atoms with Crippen molar-refractivity contribution in [1.29, 1.82) is 0 Å². The molecule has 4 aromatic rings. The van der Waals surface area contributed by atoms with Crippen molar-refractivity contribution in [2.45, 2.75) is 25.3 Å². The van der Waals surface area contributed by atoms with E-state index in [9.17, 15) is 18.0 Å². The number of halogens is 1. The maximum atomic E-state index is 13.2. The van der Waals surface area contributed by atoms with Gasteiger partial charge in [0.05, 0.1) is 32.4 Å². The summed E-state index contributed by atoms with van der Waals surface area (Å²) in [6.45, 7) is 3.77. The molecule has 0 aliphatic carbocycles. The molecule has 1 amide bonds. The van der Waals surface area contributed by atoms with Gasteiger partial charge in [0.2, 0.25) is 0 Å². The first-order chi connectivity index (χ1) is 17.8. The number of carbonyl (C=O) groups excluding carboxylic acids is 2. The second-order valence-corrected chi connectivity index (χ2v) is 11.1. The summed E-state index contributed by atoms with van der Waals surface area (Å²) in [5.74, 6) is -1.07. The molecule has 0 saturated heterocycles. The Hall–Kier alpha value is -3.47. The molecule has 0 aliphatic rings. The van der Waals surface area contributed by atoms with Crippen molar-refractivity contribution in [1.82, 2.24) is 4.57 Å². The zero-order chi connectivity index (χ0) is 26.6. The summed E-state index contributed by atoms with van der Waals surface area (Å²) in [5.41, 5.74) is 1.33. The number of benzene rings is 3. The molecule has 3 aromatic carbocycles. The van der Waals surface area contributed by atoms with E-state index in [2.05, 4.69) is 4.99 Å². The molecular formula is C26H24ClN3O5S2. The van der Waals surface area contributed by atoms with Gasteiger partial charge in [-0.1, -0.05) is 47.2 Å². The molecule has 1 heterocycles. The van der Waals surface area contributed by atoms with Gasteiger partial charge < -0.3 is 9.30 Å². The molecule has 0 aliphatic heterocycles. The van der Waals surface area contributed by atoms with Crippen LogP contribution in [0.1, 0.15) is 24.2 Å². The van der Waals surface area contributed by atoms with E-state index in [1.54, 1.807) is 54.8 Å². The maximum Gasteiger partial charge on any atom is 0.326 e. The lowest BCUT2D eigenvalue weighted by Crippen LogP contribution is -2.30. The topological polar surface area (TPSA) is 98.0 Å². The van der Waals surface area contributed by atoms with Crippen molar-refractivity contribution in [2.24, 2.45) is 4.99 Å². The standard InChI is InChI=1S/C26H24ClN3O5S2/c1-3-30(19-9-6-5-7-10-19)37(33,34)20-15-13-18(14-16-20)25(32)28-26-29(17-23(31)35-4-2)24-21(27)11-8-12-22(24)36-26/h5-16H,3-4,17H2,1-2H3. The third-order valence-electron chi connectivity index (χ3n) is 5.46. The highest BCUT2D eigenvalue weighted by Crippen LogP contribution is 2.26. The van der Waals surface area contributed by atoms with Gasteiger partial charge in [0.25, 0.3) is 15.9 Å². The predicted molar refractivity (Wildman–Crippen MR) is 144 cm³/mol. The molecule has 0 fully saturated rings. The Morgan fingerprint density at radius 3 is 2.35 bits per heavy atom. The summed E-state index contributed by atoms with van der Waals surface area (Å²) in [4.78, 5) is 29.8. The van der Waals surface area contributed by atoms with Gasteiger partial charge in [0.15, 0.2) is 4.80 Å². The molecule has 0 unspecified atom stereocenters. The van der Waals surface area contributed by atoms with Crippen LogP contribution in [0.2, 0.25) is 5.02 Å². The molecule has 4 rings (SSSR count). The number of fused-ring (bicyclic) bond motifs is 1. The third kappa shape index (κ3) is 5.61. The first-order valence-electron chi connectivity index (χ1n) is 11.5. The van der Waals surface area contributed by atoms with Gasteiger partial charge in [-0.3, -0.25) is 13.9 Å². The fraction of sp³-hybridized carbons (Fsp3) is 0.192. The van der Waals surface area contributed by atoms with E-state index < -0.39 is 21.9 Å². The second kappa shape index (κ2) is 11.3. The summed E-state index contributed by atoms with van der Waals surface area (Å²) < 4.78 is 35.1. The molecule has 0 spiro atoms. The van der Waals surface area contributed by atoms with Gasteiger partial charge in [-0.25, -0.2) is 8.42 Å². The number of sulfonamides is 1. The number of nitrogens with zero attached hydrogens (tertiary/aromatic N) is 3. The number of hydrogen-bond acceptors (Lipinski definition) is 6. The number of thiazole rings is 1. The first kappa shape index (κ1) is 26.6. The van der Waals surface area contributed by atoms with E-state index in [1.807, 2.05) is 12.1 Å². The number of ether oxygens (including phenoxy) is 1. The van der Waals surface area contributed by atoms with Crippen LogP contribution in [-0.2, 0) is 26.1 Å². The molecule has 0 N–H and O–H groups in total. The Kier molecular flexibility index (Phi) is 8.11. The van der Waals surface area contributed by atoms with Gasteiger partial charge in [-0.05, 0) is 62.4 Å². The van der Waals surface area contributed by atoms with Crippen molar-refractivity contribution in [3.05, 3.63) is 88.2 Å². The third-order valence-corrected chi connectivity index (χ3v) is 8.73. The van der Waals surface area contributed by atoms with E-state index in [0.717, 1.165) is 4.70 Å². The molecule has 0 bridgehead atoms. The van der Waals surface area contributed by atoms with Crippen LogP contribution in [0.4, 0.5) is 5.69 Å². The molecular weight excluding hydrogens is 534 g/mol. The Labute approximate surface area is 223 Å². The van der Waals surface area contributed by atoms with Crippen LogP contribution < -0.4 is 9.11 Å². The van der Waals surface area contributed by atoms with E-state index in [0.29, 0.717) is 16.2 Å². The summed E-state index contributed by atoms with van der Waals surface area (Å²) in [5, 5.41) is 0.417. The number of aromatic nitrogens is 1. The van der Waals surface area contributed by atoms with Gasteiger partial charge in [0.1, 0.15) is 6.54 Å². The number of rotatable bonds is 8. The number of esters is 1. The zero-order valence-corrected chi connectivity index (χ0v) is 22.5. The van der Waals surface area contributed by atoms with Crippen LogP contribution in [0, 0.1) is 0 Å². The van der Waals surface area contributed by atoms with Crippen LogP contribution in [-0.4, -0.2) is 38.0 Å². The number of carbonyl (C=O) groups is 2. The molecule has 0 radical (unpaired) electrons. The SMILES string of the molecule is CCOC(=O)Cn1c(=NC(=O)c2ccc(S(=O)(=O)N(CC)c3ccccc3)cc2)sc2cccc(Cl)c21. The van der Waals surface area contributed by atoms with Crippen LogP contribution in [0.25, 0.3) is 10.2 Å². The van der Waals surface area contributed by atoms with Crippen molar-refractivity contribution in [3.8, 4) is 0 Å². The monoisotopic (exact) mass is 557 g/mol. The lowest BCUT2D eigenvalue weighted by Gasteiger charge is -2.22. The minimum absolute atomic E-state index is 0.0563. The zero-order valence-electron chi connectivity index (χ0n) is 20.1. The van der Waals surface area contributed by atoms with Crippen molar-refractivity contribution in [3.63, 3.8) is 0 Å². The van der Waals surface area contributed by atoms with Crippen LogP contribution in [0.15, 0.2) is 82.7 Å². The number of hydrogen-bond donors (Lipinski definition) is 0. The lowest BCUT2D eigenvalue weighted by molar-refractivity contribution is -0.143. The Morgan fingerprint density at radius 1 is 1.00 bits per heavy atom. The molecule has 0 saturated carbocycles. The molecule has 37 heavy (non-hydrogen) atoms. The summed E-state index contributed by atoms with van der Waals surface area (Å²) >= 11 is 7.59. The number of para-hydroxylation sites is 2. The van der Waals surface area contributed by atoms with Crippen LogP contribution in [0.5, 0.6) is 0 Å². The first-order valence-corrected chi connectivity index (χ1v) is 14.1. The van der Waals surface area contributed by atoms with Gasteiger partial charge in [0, 0.05) is 12.1 Å². The maximum absolute atomic E-state index is 13.2. The fourth-order valence-corrected chi connectivity index (χ4v) is 6.65. The molecule has 1 aromatic heterocycles. The number of amides is 1. The minimum atomic E-state index is -3.83. The van der Waals surface area contributed by atoms with E-state index >= 15 is 0 Å². The van der Waals surface area contributed by atoms with Gasteiger partial charge >= 0.3 is 5.97 Å². The average Bonchev–Trinajstić information content (AvgIpc) is 3.23. The Balaban J connectivity index is 1.68. The summed E-state index contributed by atoms with van der Waals surface area (Å²) in [6.07, 6.45) is 0. The van der Waals surface area contributed by atoms with Crippen LogP contribution >= 0.6 is 22.9 Å². The second-order valence-electron chi connectivity index (χ2n) is 7.81. The molecule has 11 heteroatoms. The highest BCUT2D eigenvalue weighted by molar-refractivity contribution is 7.92. The minimum Gasteiger partial charge on any atom is -0.465 e. The predicted octanol–water partition coefficient (Wildman–Crippen LogP) is 4.88.